The van der Waals surface area contributed by atoms with Crippen LogP contribution in [0.4, 0.5) is 5.69 Å². The van der Waals surface area contributed by atoms with Crippen LogP contribution in [0.15, 0.2) is 48.5 Å². The zero-order valence-electron chi connectivity index (χ0n) is 18.8. The van der Waals surface area contributed by atoms with Crippen molar-refractivity contribution in [3.63, 3.8) is 0 Å². The topological polar surface area (TPSA) is 113 Å². The summed E-state index contributed by atoms with van der Waals surface area (Å²) in [4.78, 5) is 50.4. The summed E-state index contributed by atoms with van der Waals surface area (Å²) in [7, 11) is 1.89. The minimum Gasteiger partial charge on any atom is -0.507 e. The van der Waals surface area contributed by atoms with Crippen LogP contribution >= 0.6 is 23.2 Å². The lowest BCUT2D eigenvalue weighted by Gasteiger charge is -2.35. The molecule has 182 valence electrons. The molecule has 0 saturated carbocycles. The van der Waals surface area contributed by atoms with Gasteiger partial charge >= 0.3 is 5.97 Å². The van der Waals surface area contributed by atoms with Crippen molar-refractivity contribution in [1.29, 1.82) is 0 Å². The van der Waals surface area contributed by atoms with E-state index in [0.717, 1.165) is 12.1 Å². The molecule has 0 aliphatic carbocycles. The van der Waals surface area contributed by atoms with Crippen molar-refractivity contribution in [2.45, 2.75) is 6.10 Å². The van der Waals surface area contributed by atoms with Crippen LogP contribution in [-0.2, 0) is 14.3 Å². The summed E-state index contributed by atoms with van der Waals surface area (Å²) in [6.07, 6.45) is 2.77. The number of carbonyl (C=O) groups is 2. The molecule has 2 N–H and O–H groups in total. The highest BCUT2D eigenvalue weighted by atomic mass is 35.5. The molecule has 0 bridgehead atoms. The van der Waals surface area contributed by atoms with Crippen molar-refractivity contribution in [1.82, 2.24) is 4.90 Å². The van der Waals surface area contributed by atoms with E-state index in [1.807, 2.05) is 11.9 Å². The van der Waals surface area contributed by atoms with Crippen LogP contribution in [0.25, 0.3) is 11.1 Å². The Morgan fingerprint density at radius 1 is 1.00 bits per heavy atom. The van der Waals surface area contributed by atoms with Crippen molar-refractivity contribution in [2.75, 3.05) is 25.5 Å². The summed E-state index contributed by atoms with van der Waals surface area (Å²) in [6, 6.07) is 11.5. The van der Waals surface area contributed by atoms with Gasteiger partial charge in [0.05, 0.1) is 22.4 Å². The summed E-state index contributed by atoms with van der Waals surface area (Å²) < 4.78 is 5.53. The first-order valence-corrected chi connectivity index (χ1v) is 11.4. The van der Waals surface area contributed by atoms with E-state index in [4.69, 9.17) is 27.9 Å². The van der Waals surface area contributed by atoms with Gasteiger partial charge in [-0.3, -0.25) is 19.3 Å². The average Bonchev–Trinajstić information content (AvgIpc) is 2.82. The minimum absolute atomic E-state index is 0.0745. The number of likely N-dealkylation sites (N-methyl/N-ethyl adjacent to an activating group) is 1. The number of anilines is 1. The second kappa shape index (κ2) is 10.5. The molecule has 10 heteroatoms. The van der Waals surface area contributed by atoms with Gasteiger partial charge < -0.3 is 15.2 Å². The molecule has 1 heterocycles. The van der Waals surface area contributed by atoms with Gasteiger partial charge in [-0.05, 0) is 49.0 Å². The Labute approximate surface area is 216 Å². The first-order chi connectivity index (χ1) is 17.2. The number of hydrogen-bond acceptors (Lipinski definition) is 7. The maximum Gasteiger partial charge on any atom is 0.340 e. The molecular weight excluding hydrogens is 507 g/mol. The molecule has 1 aliphatic heterocycles. The zero-order valence-corrected chi connectivity index (χ0v) is 20.3. The van der Waals surface area contributed by atoms with Crippen LogP contribution in [0.5, 0.6) is 5.75 Å². The normalized spacial score (nSPS) is 13.5. The van der Waals surface area contributed by atoms with Crippen LogP contribution in [0.3, 0.4) is 0 Å². The molecule has 1 aliphatic rings. The highest BCUT2D eigenvalue weighted by molar-refractivity contribution is 6.36. The molecule has 4 rings (SSSR count). The van der Waals surface area contributed by atoms with Crippen LogP contribution in [0.2, 0.25) is 10.0 Å². The number of esters is 1. The number of nitrogens with one attached hydrogen (secondary N) is 1. The summed E-state index contributed by atoms with van der Waals surface area (Å²) in [5.41, 5.74) is 0.525. The lowest BCUT2D eigenvalue weighted by molar-refractivity contribution is -0.0211. The molecular formula is C26H18Cl2N2O6. The van der Waals surface area contributed by atoms with E-state index in [2.05, 4.69) is 5.32 Å². The fourth-order valence-corrected chi connectivity index (χ4v) is 4.30. The number of carbonyl (C=O) groups excluding carboxylic acids is 4. The Morgan fingerprint density at radius 2 is 1.72 bits per heavy atom. The van der Waals surface area contributed by atoms with E-state index >= 15 is 0 Å². The predicted molar refractivity (Wildman–Crippen MR) is 134 cm³/mol. The smallest absolute Gasteiger partial charge is 0.340 e. The average molecular weight is 525 g/mol. The van der Waals surface area contributed by atoms with Crippen molar-refractivity contribution in [3.8, 4) is 16.9 Å². The van der Waals surface area contributed by atoms with Crippen molar-refractivity contribution in [3.05, 3.63) is 80.8 Å². The molecule has 3 aromatic carbocycles. The molecule has 2 radical (unpaired) electrons. The fraction of sp³-hybridized carbons (Fsp3) is 0.154. The first-order valence-electron chi connectivity index (χ1n) is 10.6. The van der Waals surface area contributed by atoms with Crippen molar-refractivity contribution >= 4 is 53.3 Å². The van der Waals surface area contributed by atoms with Gasteiger partial charge in [-0.2, -0.15) is 0 Å². The van der Waals surface area contributed by atoms with Gasteiger partial charge in [0, 0.05) is 34.3 Å². The summed E-state index contributed by atoms with van der Waals surface area (Å²) in [5.74, 6) is -2.00. The molecule has 0 aromatic heterocycles. The first kappa shape index (κ1) is 25.4. The number of phenolic OH excluding ortho intramolecular Hbond substituents is 1. The van der Waals surface area contributed by atoms with E-state index in [-0.39, 0.29) is 34.0 Å². The Balaban J connectivity index is 1.73. The standard InChI is InChI=1S/C26H18Cl2N2O6/c1-30-10-18(11-30)36-26(35)20-4-2-14(19-5-3-17(27)8-22(19)28)7-23(20)29-25(34)21-9-24(33)16(13-32)6-15(21)12-31/h2-9,18,33H,10-11H2,1H3,(H,29,34). The summed E-state index contributed by atoms with van der Waals surface area (Å²) in [6.45, 7) is 1.17. The molecule has 1 saturated heterocycles. The number of likely N-dealkylation sites (tertiary alicyclic amines) is 1. The fourth-order valence-electron chi connectivity index (χ4n) is 3.78. The number of hydrogen-bond donors (Lipinski definition) is 2. The van der Waals surface area contributed by atoms with Crippen molar-refractivity contribution in [2.24, 2.45) is 0 Å². The molecule has 0 spiro atoms. The molecule has 0 atom stereocenters. The van der Waals surface area contributed by atoms with Gasteiger partial charge in [-0.15, -0.1) is 0 Å². The third-order valence-electron chi connectivity index (χ3n) is 5.63. The Kier molecular flexibility index (Phi) is 7.40. The predicted octanol–water partition coefficient (Wildman–Crippen LogP) is 4.00. The van der Waals surface area contributed by atoms with E-state index in [1.54, 1.807) is 30.6 Å². The highest BCUT2D eigenvalue weighted by Gasteiger charge is 2.29. The third kappa shape index (κ3) is 5.26. The molecule has 8 nitrogen and oxygen atoms in total. The number of rotatable bonds is 7. The highest BCUT2D eigenvalue weighted by Crippen LogP contribution is 2.34. The maximum atomic E-state index is 13.1. The van der Waals surface area contributed by atoms with E-state index in [1.165, 1.54) is 18.4 Å². The second-order valence-electron chi connectivity index (χ2n) is 8.21. The molecule has 3 aromatic rings. The van der Waals surface area contributed by atoms with Gasteiger partial charge in [0.1, 0.15) is 11.9 Å². The SMILES string of the molecule is CN1CC(OC(=O)c2ccc(-c3ccc(Cl)cc3Cl)cc2NC(=O)c2cc(O)c([C]=O)cc2[C]=O)C1. The van der Waals surface area contributed by atoms with E-state index in [0.29, 0.717) is 34.3 Å². The summed E-state index contributed by atoms with van der Waals surface area (Å²) >= 11 is 12.3. The van der Waals surface area contributed by atoms with E-state index < -0.39 is 17.6 Å². The van der Waals surface area contributed by atoms with Crippen LogP contribution < -0.4 is 5.32 Å². The minimum atomic E-state index is -0.821. The number of aromatic hydroxyl groups is 1. The quantitative estimate of drug-likeness (QED) is 0.449. The Hall–Kier alpha value is -3.72. The Bertz CT molecular complexity index is 1390. The van der Waals surface area contributed by atoms with Crippen LogP contribution in [-0.4, -0.2) is 60.7 Å². The maximum absolute atomic E-state index is 13.1. The lowest BCUT2D eigenvalue weighted by Crippen LogP contribution is -2.50. The Morgan fingerprint density at radius 3 is 2.36 bits per heavy atom. The van der Waals surface area contributed by atoms with Gasteiger partial charge in [-0.1, -0.05) is 35.3 Å². The number of nitrogens with zero attached hydrogens (tertiary/aromatic N) is 1. The molecule has 36 heavy (non-hydrogen) atoms. The van der Waals surface area contributed by atoms with Gasteiger partial charge in [0.2, 0.25) is 12.6 Å². The number of halogens is 2. The summed E-state index contributed by atoms with van der Waals surface area (Å²) in [5, 5.41) is 13.4. The number of phenols is 1. The number of amides is 1. The zero-order chi connectivity index (χ0) is 26.0. The van der Waals surface area contributed by atoms with Crippen LogP contribution in [0.1, 0.15) is 31.8 Å². The van der Waals surface area contributed by atoms with Gasteiger partial charge in [-0.25, -0.2) is 4.79 Å². The third-order valence-corrected chi connectivity index (χ3v) is 6.18. The van der Waals surface area contributed by atoms with Gasteiger partial charge in [0.25, 0.3) is 5.91 Å². The van der Waals surface area contributed by atoms with Gasteiger partial charge in [0.15, 0.2) is 0 Å². The van der Waals surface area contributed by atoms with Crippen LogP contribution in [0, 0.1) is 0 Å². The molecule has 0 unspecified atom stereocenters. The lowest BCUT2D eigenvalue weighted by atomic mass is 10.0. The number of ether oxygens (including phenoxy) is 1. The number of benzene rings is 3. The molecule has 1 fully saturated rings. The second-order valence-corrected chi connectivity index (χ2v) is 9.05. The monoisotopic (exact) mass is 524 g/mol. The largest absolute Gasteiger partial charge is 0.507 e. The van der Waals surface area contributed by atoms with E-state index in [9.17, 15) is 24.3 Å². The van der Waals surface area contributed by atoms with Crippen molar-refractivity contribution < 1.29 is 29.0 Å². The molecule has 1 amide bonds.